The van der Waals surface area contributed by atoms with Crippen molar-refractivity contribution in [2.75, 3.05) is 33.4 Å². The van der Waals surface area contributed by atoms with Crippen molar-refractivity contribution < 1.29 is 14.3 Å². The third-order valence-electron chi connectivity index (χ3n) is 5.31. The van der Waals surface area contributed by atoms with Gasteiger partial charge in [-0.25, -0.2) is 0 Å². The van der Waals surface area contributed by atoms with Gasteiger partial charge in [0, 0.05) is 25.1 Å². The predicted octanol–water partition coefficient (Wildman–Crippen LogP) is 4.07. The minimum Gasteiger partial charge on any atom is -0.383 e. The number of carbonyl (C=O) groups excluding carboxylic acids is 2. The van der Waals surface area contributed by atoms with Crippen LogP contribution in [0, 0.1) is 0 Å². The van der Waals surface area contributed by atoms with E-state index >= 15 is 0 Å². The average Bonchev–Trinajstić information content (AvgIpc) is 3.48. The van der Waals surface area contributed by atoms with Crippen LogP contribution in [0.3, 0.4) is 0 Å². The van der Waals surface area contributed by atoms with E-state index < -0.39 is 0 Å². The highest BCUT2D eigenvalue weighted by Gasteiger charge is 2.34. The zero-order chi connectivity index (χ0) is 20.9. The number of nitrogens with zero attached hydrogens (tertiary/aromatic N) is 2. The molecule has 7 heteroatoms. The molecule has 1 aromatic carbocycles. The molecule has 3 heterocycles. The second-order valence-electron chi connectivity index (χ2n) is 7.15. The molecule has 1 atom stereocenters. The van der Waals surface area contributed by atoms with Crippen LogP contribution in [0.25, 0.3) is 0 Å². The zero-order valence-corrected chi connectivity index (χ0v) is 18.5. The third-order valence-corrected chi connectivity index (χ3v) is 7.17. The average molecular weight is 441 g/mol. The molecule has 5 nitrogen and oxygen atoms in total. The molecular weight excluding hydrogens is 416 g/mol. The molecule has 1 aliphatic heterocycles. The molecule has 1 aliphatic rings. The highest BCUT2D eigenvalue weighted by molar-refractivity contribution is 7.12. The molecule has 156 valence electrons. The highest BCUT2D eigenvalue weighted by atomic mass is 32.1. The molecule has 0 radical (unpaired) electrons. The first-order valence-corrected chi connectivity index (χ1v) is 11.7. The van der Waals surface area contributed by atoms with Gasteiger partial charge in [-0.15, -0.1) is 22.7 Å². The van der Waals surface area contributed by atoms with Crippen LogP contribution in [0.4, 0.5) is 0 Å². The van der Waals surface area contributed by atoms with E-state index in [0.717, 1.165) is 12.0 Å². The summed E-state index contributed by atoms with van der Waals surface area (Å²) in [5.41, 5.74) is 2.29. The van der Waals surface area contributed by atoms with E-state index in [1.807, 2.05) is 34.5 Å². The number of fused-ring (bicyclic) bond motifs is 1. The van der Waals surface area contributed by atoms with E-state index in [0.29, 0.717) is 24.6 Å². The Labute approximate surface area is 184 Å². The maximum Gasteiger partial charge on any atom is 0.264 e. The van der Waals surface area contributed by atoms with Gasteiger partial charge in [0.2, 0.25) is 5.91 Å². The van der Waals surface area contributed by atoms with Crippen LogP contribution in [0.2, 0.25) is 0 Å². The van der Waals surface area contributed by atoms with E-state index in [1.165, 1.54) is 21.8 Å². The number of amides is 2. The van der Waals surface area contributed by atoms with Gasteiger partial charge < -0.3 is 14.5 Å². The van der Waals surface area contributed by atoms with Gasteiger partial charge in [0.15, 0.2) is 0 Å². The molecule has 2 amide bonds. The summed E-state index contributed by atoms with van der Waals surface area (Å²) in [6.45, 7) is 1.47. The Morgan fingerprint density at radius 1 is 1.10 bits per heavy atom. The summed E-state index contributed by atoms with van der Waals surface area (Å²) >= 11 is 3.14. The number of carbonyl (C=O) groups is 2. The maximum atomic E-state index is 13.5. The summed E-state index contributed by atoms with van der Waals surface area (Å²) in [4.78, 5) is 31.9. The first-order valence-electron chi connectivity index (χ1n) is 9.91. The van der Waals surface area contributed by atoms with Gasteiger partial charge in [-0.05, 0) is 40.4 Å². The molecule has 2 aromatic heterocycles. The van der Waals surface area contributed by atoms with Crippen molar-refractivity contribution in [3.8, 4) is 0 Å². The molecule has 4 rings (SSSR count). The normalized spacial score (nSPS) is 15.6. The Morgan fingerprint density at radius 2 is 1.93 bits per heavy atom. The molecule has 0 fully saturated rings. The highest BCUT2D eigenvalue weighted by Crippen LogP contribution is 2.37. The van der Waals surface area contributed by atoms with E-state index in [9.17, 15) is 9.59 Å². The number of benzene rings is 1. The molecular formula is C23H24N2O3S2. The van der Waals surface area contributed by atoms with Crippen molar-refractivity contribution in [1.29, 1.82) is 0 Å². The SMILES string of the molecule is COCCN(CC(=O)N1CCc2sccc2C1c1ccccc1)C(=O)c1cccs1. The number of thiophene rings is 2. The Hall–Kier alpha value is -2.48. The molecule has 0 saturated carbocycles. The van der Waals surface area contributed by atoms with Crippen molar-refractivity contribution in [2.24, 2.45) is 0 Å². The number of ether oxygens (including phenoxy) is 1. The topological polar surface area (TPSA) is 49.9 Å². The Kier molecular flexibility index (Phi) is 6.62. The smallest absolute Gasteiger partial charge is 0.264 e. The second kappa shape index (κ2) is 9.55. The number of rotatable bonds is 7. The second-order valence-corrected chi connectivity index (χ2v) is 9.09. The molecule has 0 saturated heterocycles. The lowest BCUT2D eigenvalue weighted by molar-refractivity contribution is -0.134. The molecule has 0 N–H and O–H groups in total. The molecule has 0 spiro atoms. The molecule has 3 aromatic rings. The molecule has 30 heavy (non-hydrogen) atoms. The van der Waals surface area contributed by atoms with Crippen molar-refractivity contribution in [2.45, 2.75) is 12.5 Å². The lowest BCUT2D eigenvalue weighted by atomic mass is 9.93. The van der Waals surface area contributed by atoms with Crippen LogP contribution in [-0.4, -0.2) is 55.0 Å². The van der Waals surface area contributed by atoms with Crippen LogP contribution in [-0.2, 0) is 16.0 Å². The first kappa shape index (κ1) is 20.8. The Balaban J connectivity index is 1.59. The van der Waals surface area contributed by atoms with Crippen LogP contribution in [0.15, 0.2) is 59.3 Å². The molecule has 1 unspecified atom stereocenters. The first-order chi connectivity index (χ1) is 14.7. The predicted molar refractivity (Wildman–Crippen MR) is 120 cm³/mol. The van der Waals surface area contributed by atoms with Crippen molar-refractivity contribution in [3.63, 3.8) is 0 Å². The minimum absolute atomic E-state index is 0.0401. The van der Waals surface area contributed by atoms with Gasteiger partial charge in [-0.3, -0.25) is 9.59 Å². The third kappa shape index (κ3) is 4.33. The summed E-state index contributed by atoms with van der Waals surface area (Å²) in [6, 6.07) is 15.8. The van der Waals surface area contributed by atoms with Crippen LogP contribution < -0.4 is 0 Å². The van der Waals surface area contributed by atoms with Gasteiger partial charge >= 0.3 is 0 Å². The summed E-state index contributed by atoms with van der Waals surface area (Å²) < 4.78 is 5.18. The van der Waals surface area contributed by atoms with Crippen molar-refractivity contribution in [3.05, 3.63) is 80.2 Å². The number of methoxy groups -OCH3 is 1. The Morgan fingerprint density at radius 3 is 2.67 bits per heavy atom. The largest absolute Gasteiger partial charge is 0.383 e. The summed E-state index contributed by atoms with van der Waals surface area (Å²) in [5.74, 6) is -0.165. The number of hydrogen-bond donors (Lipinski definition) is 0. The summed E-state index contributed by atoms with van der Waals surface area (Å²) in [6.07, 6.45) is 0.846. The van der Waals surface area contributed by atoms with E-state index in [1.54, 1.807) is 29.4 Å². The van der Waals surface area contributed by atoms with E-state index in [4.69, 9.17) is 4.74 Å². The fourth-order valence-electron chi connectivity index (χ4n) is 3.84. The summed E-state index contributed by atoms with van der Waals surface area (Å²) in [5, 5.41) is 3.97. The van der Waals surface area contributed by atoms with Crippen LogP contribution in [0.1, 0.15) is 31.7 Å². The number of hydrogen-bond acceptors (Lipinski definition) is 5. The van der Waals surface area contributed by atoms with Crippen LogP contribution >= 0.6 is 22.7 Å². The van der Waals surface area contributed by atoms with Gasteiger partial charge in [0.25, 0.3) is 5.91 Å². The van der Waals surface area contributed by atoms with Crippen molar-refractivity contribution >= 4 is 34.5 Å². The van der Waals surface area contributed by atoms with Gasteiger partial charge in [-0.1, -0.05) is 36.4 Å². The van der Waals surface area contributed by atoms with E-state index in [-0.39, 0.29) is 24.4 Å². The summed E-state index contributed by atoms with van der Waals surface area (Å²) in [7, 11) is 1.60. The van der Waals surface area contributed by atoms with Gasteiger partial charge in [-0.2, -0.15) is 0 Å². The van der Waals surface area contributed by atoms with Crippen LogP contribution in [0.5, 0.6) is 0 Å². The van der Waals surface area contributed by atoms with Gasteiger partial charge in [0.1, 0.15) is 6.54 Å². The fourth-order valence-corrected chi connectivity index (χ4v) is 5.44. The van der Waals surface area contributed by atoms with E-state index in [2.05, 4.69) is 23.6 Å². The standard InChI is InChI=1S/C23H24N2O3S2/c1-28-13-12-24(23(27)20-8-5-14-29-20)16-21(26)25-11-9-19-18(10-15-30-19)22(25)17-6-3-2-4-7-17/h2-8,10,14-15,22H,9,11-13,16H2,1H3. The molecule has 0 bridgehead atoms. The Bertz CT molecular complexity index is 985. The van der Waals surface area contributed by atoms with Crippen molar-refractivity contribution in [1.82, 2.24) is 9.80 Å². The maximum absolute atomic E-state index is 13.5. The lowest BCUT2D eigenvalue weighted by Crippen LogP contribution is -2.47. The quantitative estimate of drug-likeness (QED) is 0.556. The van der Waals surface area contributed by atoms with Gasteiger partial charge in [0.05, 0.1) is 17.5 Å². The molecule has 0 aliphatic carbocycles. The minimum atomic E-state index is -0.125. The zero-order valence-electron chi connectivity index (χ0n) is 16.8. The fraction of sp³-hybridized carbons (Fsp3) is 0.304. The lowest BCUT2D eigenvalue weighted by Gasteiger charge is -2.37. The monoisotopic (exact) mass is 440 g/mol.